The lowest BCUT2D eigenvalue weighted by Gasteiger charge is -2.30. The number of hydrogen-bond acceptors (Lipinski definition) is 11. The lowest BCUT2D eigenvalue weighted by molar-refractivity contribution is -0.202. The monoisotopic (exact) mass is 678 g/mol. The van der Waals surface area contributed by atoms with E-state index in [1.165, 1.54) is 17.8 Å². The first-order chi connectivity index (χ1) is 21.5. The largest absolute Gasteiger partial charge is 0.462 e. The Bertz CT molecular complexity index is 1800. The van der Waals surface area contributed by atoms with Crippen LogP contribution in [0.5, 0.6) is 5.75 Å². The fourth-order valence-corrected chi connectivity index (χ4v) is 7.54. The van der Waals surface area contributed by atoms with Crippen LogP contribution in [-0.2, 0) is 30.6 Å². The van der Waals surface area contributed by atoms with Gasteiger partial charge < -0.3 is 28.5 Å². The smallest absolute Gasteiger partial charge is 0.323 e. The maximum Gasteiger partial charge on any atom is 0.323 e. The number of carbonyl (C=O) groups is 1. The second-order valence-electron chi connectivity index (χ2n) is 11.8. The van der Waals surface area contributed by atoms with Crippen molar-refractivity contribution in [3.05, 3.63) is 54.6 Å². The number of halogens is 2. The summed E-state index contributed by atoms with van der Waals surface area (Å²) < 4.78 is 57.1. The van der Waals surface area contributed by atoms with Crippen LogP contribution in [0.4, 0.5) is 14.6 Å². The summed E-state index contributed by atoms with van der Waals surface area (Å²) in [4.78, 5) is 27.5. The van der Waals surface area contributed by atoms with Crippen molar-refractivity contribution in [2.75, 3.05) is 25.6 Å². The minimum Gasteiger partial charge on any atom is -0.462 e. The highest BCUT2D eigenvalue weighted by molar-refractivity contribution is 8.09. The van der Waals surface area contributed by atoms with E-state index in [0.29, 0.717) is 28.3 Å². The van der Waals surface area contributed by atoms with E-state index >= 15 is 8.78 Å². The molecule has 1 fully saturated rings. The van der Waals surface area contributed by atoms with Crippen molar-refractivity contribution < 1.29 is 37.2 Å². The number of aliphatic hydroxyl groups excluding tert-OH is 1. The molecule has 1 aliphatic rings. The number of aromatic nitrogens is 4. The lowest BCUT2D eigenvalue weighted by Crippen LogP contribution is -2.47. The molecule has 6 atom stereocenters. The summed E-state index contributed by atoms with van der Waals surface area (Å²) >= 11 is 5.77. The molecule has 12 nitrogen and oxygen atoms in total. The third-order valence-electron chi connectivity index (χ3n) is 7.38. The first-order valence-corrected chi connectivity index (χ1v) is 17.2. The summed E-state index contributed by atoms with van der Waals surface area (Å²) in [5.74, 6) is -2.59. The van der Waals surface area contributed by atoms with Crippen molar-refractivity contribution in [2.24, 2.45) is 0 Å². The van der Waals surface area contributed by atoms with E-state index in [0.717, 1.165) is 12.3 Å². The van der Waals surface area contributed by atoms with E-state index in [2.05, 4.69) is 20.0 Å². The predicted octanol–water partition coefficient (Wildman–Crippen LogP) is 4.89. The van der Waals surface area contributed by atoms with Gasteiger partial charge in [0.05, 0.1) is 12.4 Å². The van der Waals surface area contributed by atoms with Crippen molar-refractivity contribution in [1.82, 2.24) is 24.6 Å². The summed E-state index contributed by atoms with van der Waals surface area (Å²) in [6.07, 6.45) is -3.18. The Kier molecular flexibility index (Phi) is 9.39. The number of aliphatic hydroxyl groups is 1. The van der Waals surface area contributed by atoms with Gasteiger partial charge in [-0.1, -0.05) is 36.4 Å². The highest BCUT2D eigenvalue weighted by Gasteiger charge is 2.65. The van der Waals surface area contributed by atoms with Crippen molar-refractivity contribution >= 4 is 52.2 Å². The van der Waals surface area contributed by atoms with Crippen LogP contribution in [0.3, 0.4) is 0 Å². The molecule has 0 saturated carbocycles. The van der Waals surface area contributed by atoms with Gasteiger partial charge in [-0.15, -0.1) is 0 Å². The van der Waals surface area contributed by atoms with Gasteiger partial charge >= 0.3 is 12.6 Å². The molecule has 0 radical (unpaired) electrons. The van der Waals surface area contributed by atoms with Crippen molar-refractivity contribution in [2.45, 2.75) is 70.6 Å². The molecule has 3 heterocycles. The van der Waals surface area contributed by atoms with Crippen LogP contribution < -0.4 is 14.5 Å². The number of fused-ring (bicyclic) bond motifs is 2. The molecular formula is C30H37F2N6O6PS. The normalized spacial score (nSPS) is 25.1. The number of anilines is 1. The third kappa shape index (κ3) is 6.57. The van der Waals surface area contributed by atoms with Gasteiger partial charge in [-0.25, -0.2) is 28.8 Å². The molecule has 248 valence electrons. The molecular weight excluding hydrogens is 641 g/mol. The summed E-state index contributed by atoms with van der Waals surface area (Å²) in [6.45, 7) is 2.69. The van der Waals surface area contributed by atoms with Gasteiger partial charge in [-0.3, -0.25) is 9.36 Å². The average Bonchev–Trinajstić information content (AvgIpc) is 3.47. The Morgan fingerprint density at radius 1 is 1.20 bits per heavy atom. The van der Waals surface area contributed by atoms with E-state index in [9.17, 15) is 9.90 Å². The number of hydrogen-bond donors (Lipinski definition) is 2. The lowest BCUT2D eigenvalue weighted by atomic mass is 9.97. The van der Waals surface area contributed by atoms with Crippen LogP contribution in [-0.4, -0.2) is 81.1 Å². The molecule has 0 amide bonds. The number of nitrogens with zero attached hydrogens (tertiary/aromatic N) is 5. The van der Waals surface area contributed by atoms with Crippen LogP contribution >= 0.6 is 6.64 Å². The standard InChI is InChI=1S/C30H37F2N6O6PS/c1-17(2)42-26(39)18(3)36-45(46,44-22-14-10-12-20-11-8-9-13-21(20)22)41-15-30(32)27(40)29(5,31)28(43-30)38-16-33-23-24(37(6)7)34-19(4)35-25(23)38/h8-14,16-18,27-28,40H,15H2,1-7H3,(H,36,46)/t18-,27+,28-,29-,30-,45-/m1/s1. The fourth-order valence-electron chi connectivity index (χ4n) is 5.15. The number of nitrogens with one attached hydrogen (secondary N) is 1. The number of imidazole rings is 1. The zero-order valence-corrected chi connectivity index (χ0v) is 28.2. The van der Waals surface area contributed by atoms with Crippen molar-refractivity contribution in [3.63, 3.8) is 0 Å². The van der Waals surface area contributed by atoms with Gasteiger partial charge in [0, 0.05) is 19.5 Å². The van der Waals surface area contributed by atoms with Gasteiger partial charge in [-0.2, -0.15) is 0 Å². The van der Waals surface area contributed by atoms with Crippen molar-refractivity contribution in [1.29, 1.82) is 0 Å². The van der Waals surface area contributed by atoms with E-state index < -0.39 is 55.2 Å². The topological polar surface area (TPSA) is 133 Å². The minimum absolute atomic E-state index is 0.186. The quantitative estimate of drug-likeness (QED) is 0.165. The molecule has 46 heavy (non-hydrogen) atoms. The molecule has 0 aliphatic carbocycles. The maximum absolute atomic E-state index is 16.6. The summed E-state index contributed by atoms with van der Waals surface area (Å²) in [5.41, 5.74) is -2.16. The van der Waals surface area contributed by atoms with Crippen LogP contribution in [0.2, 0.25) is 0 Å². The molecule has 0 unspecified atom stereocenters. The number of alkyl halides is 2. The predicted molar refractivity (Wildman–Crippen MR) is 173 cm³/mol. The Balaban J connectivity index is 1.46. The fraction of sp³-hybridized carbons (Fsp3) is 0.467. The third-order valence-corrected chi connectivity index (χ3v) is 9.85. The van der Waals surface area contributed by atoms with Crippen LogP contribution in [0, 0.1) is 6.92 Å². The maximum atomic E-state index is 16.6. The number of benzene rings is 2. The molecule has 16 heteroatoms. The molecule has 1 aliphatic heterocycles. The van der Waals surface area contributed by atoms with E-state index in [-0.39, 0.29) is 5.65 Å². The molecule has 2 aromatic heterocycles. The summed E-state index contributed by atoms with van der Waals surface area (Å²) in [6, 6.07) is 11.6. The Morgan fingerprint density at radius 2 is 1.89 bits per heavy atom. The summed E-state index contributed by atoms with van der Waals surface area (Å²) in [7, 11) is 3.53. The second kappa shape index (κ2) is 12.7. The van der Waals surface area contributed by atoms with E-state index in [1.807, 2.05) is 30.3 Å². The van der Waals surface area contributed by atoms with Gasteiger partial charge in [0.1, 0.15) is 24.2 Å². The van der Waals surface area contributed by atoms with E-state index in [4.69, 9.17) is 30.3 Å². The molecule has 5 rings (SSSR count). The van der Waals surface area contributed by atoms with E-state index in [1.54, 1.807) is 51.9 Å². The number of ether oxygens (including phenoxy) is 2. The first-order valence-electron chi connectivity index (χ1n) is 14.6. The Labute approximate surface area is 270 Å². The summed E-state index contributed by atoms with van der Waals surface area (Å²) in [5, 5.41) is 15.4. The minimum atomic E-state index is -3.82. The molecule has 1 saturated heterocycles. The molecule has 4 aromatic rings. The van der Waals surface area contributed by atoms with Crippen LogP contribution in [0.25, 0.3) is 21.9 Å². The van der Waals surface area contributed by atoms with Crippen LogP contribution in [0.15, 0.2) is 48.8 Å². The molecule has 2 aromatic carbocycles. The number of carbonyl (C=O) groups excluding carboxylic acids is 1. The SMILES string of the molecule is Cc1nc(N(C)C)c2ncn([C@@H]3O[C@](F)(CO[P@](=S)(N[C@H](C)C(=O)OC(C)C)Oc4cccc5ccccc45)[C@@H](O)[C@@]3(C)F)c2n1. The zero-order valence-electron chi connectivity index (χ0n) is 26.5. The van der Waals surface area contributed by atoms with Gasteiger partial charge in [0.15, 0.2) is 35.0 Å². The number of esters is 1. The van der Waals surface area contributed by atoms with Crippen LogP contribution in [0.1, 0.15) is 39.7 Å². The average molecular weight is 679 g/mol. The molecule has 0 spiro atoms. The number of rotatable bonds is 11. The van der Waals surface area contributed by atoms with Gasteiger partial charge in [-0.05, 0) is 57.9 Å². The Morgan fingerprint density at radius 3 is 2.59 bits per heavy atom. The highest BCUT2D eigenvalue weighted by Crippen LogP contribution is 2.53. The highest BCUT2D eigenvalue weighted by atomic mass is 32.5. The molecule has 0 bridgehead atoms. The second-order valence-corrected chi connectivity index (χ2v) is 14.9. The van der Waals surface area contributed by atoms with Gasteiger partial charge in [0.2, 0.25) is 0 Å². The number of aryl methyl sites for hydroxylation is 1. The Hall–Kier alpha value is -3.33. The molecule has 2 N–H and O–H groups in total. The van der Waals surface area contributed by atoms with Crippen molar-refractivity contribution in [3.8, 4) is 5.75 Å². The van der Waals surface area contributed by atoms with Gasteiger partial charge in [0.25, 0.3) is 5.85 Å². The zero-order chi connectivity index (χ0) is 33.6. The first kappa shape index (κ1) is 34.0.